The van der Waals surface area contributed by atoms with Crippen molar-refractivity contribution < 1.29 is 4.79 Å². The summed E-state index contributed by atoms with van der Waals surface area (Å²) in [4.78, 5) is 15.7. The summed E-state index contributed by atoms with van der Waals surface area (Å²) in [6.45, 7) is 0. The second-order valence-electron chi connectivity index (χ2n) is 2.80. The third-order valence-electron chi connectivity index (χ3n) is 1.77. The Morgan fingerprint density at radius 3 is 3.00 bits per heavy atom. The lowest BCUT2D eigenvalue weighted by molar-refractivity contribution is 0.102. The third-order valence-corrected chi connectivity index (χ3v) is 3.10. The number of halogens is 1. The van der Waals surface area contributed by atoms with Gasteiger partial charge in [0.05, 0.1) is 10.0 Å². The molecule has 1 N–H and O–H groups in total. The number of hydrogen-bond donors (Lipinski definition) is 1. The van der Waals surface area contributed by atoms with Crippen LogP contribution >= 0.6 is 27.3 Å². The molecule has 0 unspecified atom stereocenters. The van der Waals surface area contributed by atoms with Crippen LogP contribution in [0.3, 0.4) is 0 Å². The summed E-state index contributed by atoms with van der Waals surface area (Å²) in [5.74, 6) is 0.393. The Morgan fingerprint density at radius 2 is 2.33 bits per heavy atom. The number of aromatic nitrogens is 1. The number of amides is 1. The van der Waals surface area contributed by atoms with Gasteiger partial charge in [-0.2, -0.15) is 11.3 Å². The van der Waals surface area contributed by atoms with E-state index < -0.39 is 0 Å². The summed E-state index contributed by atoms with van der Waals surface area (Å²) in [7, 11) is 0. The lowest BCUT2D eigenvalue weighted by atomic mass is 10.3. The molecule has 76 valence electrons. The number of anilines is 1. The van der Waals surface area contributed by atoms with Crippen molar-refractivity contribution in [3.63, 3.8) is 0 Å². The van der Waals surface area contributed by atoms with Gasteiger partial charge in [0.25, 0.3) is 5.91 Å². The van der Waals surface area contributed by atoms with Gasteiger partial charge in [0, 0.05) is 11.6 Å². The maximum Gasteiger partial charge on any atom is 0.257 e. The van der Waals surface area contributed by atoms with Crippen LogP contribution in [0.5, 0.6) is 0 Å². The minimum atomic E-state index is -0.143. The molecule has 1 amide bonds. The van der Waals surface area contributed by atoms with Gasteiger partial charge in [0.15, 0.2) is 0 Å². The van der Waals surface area contributed by atoms with E-state index in [0.717, 1.165) is 4.47 Å². The van der Waals surface area contributed by atoms with E-state index in [-0.39, 0.29) is 5.91 Å². The zero-order valence-corrected chi connectivity index (χ0v) is 10.0. The number of hydrogen-bond acceptors (Lipinski definition) is 3. The summed E-state index contributed by atoms with van der Waals surface area (Å²) in [5, 5.41) is 6.38. The monoisotopic (exact) mass is 282 g/mol. The van der Waals surface area contributed by atoms with Gasteiger partial charge in [-0.3, -0.25) is 4.79 Å². The number of carbonyl (C=O) groups is 1. The first kappa shape index (κ1) is 10.3. The molecular formula is C10H7BrN2OS. The first-order valence-electron chi connectivity index (χ1n) is 4.21. The molecule has 2 aromatic rings. The molecule has 0 saturated heterocycles. The van der Waals surface area contributed by atoms with E-state index >= 15 is 0 Å². The number of pyridine rings is 1. The smallest absolute Gasteiger partial charge is 0.257 e. The minimum absolute atomic E-state index is 0.143. The molecule has 0 radical (unpaired) electrons. The molecule has 0 aliphatic heterocycles. The number of nitrogens with zero attached hydrogens (tertiary/aromatic N) is 1. The highest BCUT2D eigenvalue weighted by Crippen LogP contribution is 2.19. The molecule has 3 nitrogen and oxygen atoms in total. The fourth-order valence-corrected chi connectivity index (χ4v) is 2.04. The third kappa shape index (κ3) is 2.43. The van der Waals surface area contributed by atoms with Crippen molar-refractivity contribution in [3.8, 4) is 0 Å². The molecule has 2 heterocycles. The van der Waals surface area contributed by atoms with Crippen LogP contribution in [0.15, 0.2) is 39.6 Å². The Morgan fingerprint density at radius 1 is 1.47 bits per heavy atom. The second kappa shape index (κ2) is 4.55. The van der Waals surface area contributed by atoms with Crippen LogP contribution in [0.1, 0.15) is 10.4 Å². The molecule has 0 aliphatic carbocycles. The fourth-order valence-electron chi connectivity index (χ4n) is 1.05. The number of thiophene rings is 1. The van der Waals surface area contributed by atoms with Gasteiger partial charge >= 0.3 is 0 Å². The van der Waals surface area contributed by atoms with Crippen molar-refractivity contribution in [1.82, 2.24) is 4.98 Å². The molecule has 0 fully saturated rings. The molecule has 15 heavy (non-hydrogen) atoms. The van der Waals surface area contributed by atoms with Gasteiger partial charge in [0.2, 0.25) is 0 Å². The average molecular weight is 283 g/mol. The predicted molar refractivity (Wildman–Crippen MR) is 64.2 cm³/mol. The highest BCUT2D eigenvalue weighted by Gasteiger charge is 2.08. The molecule has 0 bridgehead atoms. The number of rotatable bonds is 2. The Balaban J connectivity index is 2.17. The van der Waals surface area contributed by atoms with Gasteiger partial charge < -0.3 is 5.32 Å². The molecule has 0 aliphatic rings. The molecule has 5 heteroatoms. The normalized spacial score (nSPS) is 9.93. The Hall–Kier alpha value is -1.20. The number of carbonyl (C=O) groups excluding carboxylic acids is 1. The van der Waals surface area contributed by atoms with Gasteiger partial charge in [-0.25, -0.2) is 4.98 Å². The van der Waals surface area contributed by atoms with Gasteiger partial charge in [-0.05, 0) is 39.5 Å². The highest BCUT2D eigenvalue weighted by atomic mass is 79.9. The van der Waals surface area contributed by atoms with Gasteiger partial charge in [-0.1, -0.05) is 0 Å². The number of nitrogens with one attached hydrogen (secondary N) is 1. The summed E-state index contributed by atoms with van der Waals surface area (Å²) < 4.78 is 0.772. The molecule has 0 spiro atoms. The quantitative estimate of drug-likeness (QED) is 0.919. The van der Waals surface area contributed by atoms with Gasteiger partial charge in [-0.15, -0.1) is 0 Å². The largest absolute Gasteiger partial charge is 0.306 e. The first-order valence-corrected chi connectivity index (χ1v) is 5.95. The van der Waals surface area contributed by atoms with E-state index in [1.165, 1.54) is 11.3 Å². The van der Waals surface area contributed by atoms with E-state index in [1.807, 2.05) is 11.4 Å². The SMILES string of the molecule is O=C(Nc1ncccc1Br)c1ccsc1. The van der Waals surface area contributed by atoms with Crippen LogP contribution < -0.4 is 5.32 Å². The standard InChI is InChI=1S/C10H7BrN2OS/c11-8-2-1-4-12-9(8)13-10(14)7-3-5-15-6-7/h1-6H,(H,12,13,14). The van der Waals surface area contributed by atoms with Crippen LogP contribution in [-0.4, -0.2) is 10.9 Å². The van der Waals surface area contributed by atoms with E-state index in [1.54, 1.807) is 23.7 Å². The molecule has 2 aromatic heterocycles. The predicted octanol–water partition coefficient (Wildman–Crippen LogP) is 3.16. The minimum Gasteiger partial charge on any atom is -0.306 e. The highest BCUT2D eigenvalue weighted by molar-refractivity contribution is 9.10. The molecular weight excluding hydrogens is 276 g/mol. The van der Waals surface area contributed by atoms with Crippen LogP contribution in [0, 0.1) is 0 Å². The Kier molecular flexibility index (Phi) is 3.13. The fraction of sp³-hybridized carbons (Fsp3) is 0. The Labute approximate surface area is 99.3 Å². The zero-order chi connectivity index (χ0) is 10.7. The summed E-state index contributed by atoms with van der Waals surface area (Å²) in [6, 6.07) is 5.40. The van der Waals surface area contributed by atoms with E-state index in [2.05, 4.69) is 26.2 Å². The topological polar surface area (TPSA) is 42.0 Å². The maximum absolute atomic E-state index is 11.7. The van der Waals surface area contributed by atoms with Crippen molar-refractivity contribution >= 4 is 39.0 Å². The van der Waals surface area contributed by atoms with Crippen molar-refractivity contribution in [2.45, 2.75) is 0 Å². The van der Waals surface area contributed by atoms with Crippen LogP contribution in [0.25, 0.3) is 0 Å². The van der Waals surface area contributed by atoms with Gasteiger partial charge in [0.1, 0.15) is 5.82 Å². The van der Waals surface area contributed by atoms with E-state index in [4.69, 9.17) is 0 Å². The summed E-state index contributed by atoms with van der Waals surface area (Å²) in [6.07, 6.45) is 1.63. The van der Waals surface area contributed by atoms with Crippen molar-refractivity contribution in [1.29, 1.82) is 0 Å². The van der Waals surface area contributed by atoms with Crippen LogP contribution in [0.2, 0.25) is 0 Å². The zero-order valence-electron chi connectivity index (χ0n) is 7.61. The average Bonchev–Trinajstić information content (AvgIpc) is 2.74. The van der Waals surface area contributed by atoms with Crippen molar-refractivity contribution in [3.05, 3.63) is 45.2 Å². The van der Waals surface area contributed by atoms with Crippen molar-refractivity contribution in [2.75, 3.05) is 5.32 Å². The summed E-state index contributed by atoms with van der Waals surface area (Å²) >= 11 is 4.80. The first-order chi connectivity index (χ1) is 7.27. The lowest BCUT2D eigenvalue weighted by Crippen LogP contribution is -2.12. The maximum atomic E-state index is 11.7. The molecule has 0 aromatic carbocycles. The Bertz CT molecular complexity index is 470. The van der Waals surface area contributed by atoms with Crippen LogP contribution in [0.4, 0.5) is 5.82 Å². The van der Waals surface area contributed by atoms with Crippen molar-refractivity contribution in [2.24, 2.45) is 0 Å². The molecule has 0 atom stereocenters. The molecule has 2 rings (SSSR count). The molecule has 0 saturated carbocycles. The van der Waals surface area contributed by atoms with E-state index in [0.29, 0.717) is 11.4 Å². The summed E-state index contributed by atoms with van der Waals surface area (Å²) in [5.41, 5.74) is 0.651. The van der Waals surface area contributed by atoms with E-state index in [9.17, 15) is 4.79 Å². The van der Waals surface area contributed by atoms with Crippen LogP contribution in [-0.2, 0) is 0 Å². The second-order valence-corrected chi connectivity index (χ2v) is 4.43. The lowest BCUT2D eigenvalue weighted by Gasteiger charge is -2.03.